The maximum absolute atomic E-state index is 11.3. The lowest BCUT2D eigenvalue weighted by Crippen LogP contribution is -2.08. The Hall–Kier alpha value is -1.71. The Kier molecular flexibility index (Phi) is 4.07. The highest BCUT2D eigenvalue weighted by Gasteiger charge is 2.13. The summed E-state index contributed by atoms with van der Waals surface area (Å²) >= 11 is 0. The van der Waals surface area contributed by atoms with Crippen LogP contribution in [0.3, 0.4) is 0 Å². The summed E-state index contributed by atoms with van der Waals surface area (Å²) in [6.07, 6.45) is 6.23. The summed E-state index contributed by atoms with van der Waals surface area (Å²) in [6, 6.07) is 3.26. The summed E-state index contributed by atoms with van der Waals surface area (Å²) in [5.41, 5.74) is 0.527. The van der Waals surface area contributed by atoms with E-state index < -0.39 is 0 Å². The summed E-state index contributed by atoms with van der Waals surface area (Å²) in [5, 5.41) is 0.880. The molecule has 0 aliphatic carbocycles. The monoisotopic (exact) mass is 245 g/mol. The molecule has 2 heterocycles. The first-order chi connectivity index (χ1) is 8.74. The molecule has 0 fully saturated rings. The minimum Gasteiger partial charge on any atom is -0.306 e. The van der Waals surface area contributed by atoms with Gasteiger partial charge in [0.1, 0.15) is 11.5 Å². The molecule has 0 saturated carbocycles. The Balaban J connectivity index is 2.40. The highest BCUT2D eigenvalue weighted by molar-refractivity contribution is 5.72. The van der Waals surface area contributed by atoms with E-state index in [0.29, 0.717) is 11.6 Å². The number of fused-ring (bicyclic) bond motifs is 1. The van der Waals surface area contributed by atoms with E-state index >= 15 is 0 Å². The SMILES string of the molecule is CCCC(CCC)c1ncc2ccc(=O)[nH]c2n1. The van der Waals surface area contributed by atoms with Gasteiger partial charge in [-0.2, -0.15) is 0 Å². The van der Waals surface area contributed by atoms with Crippen molar-refractivity contribution in [3.8, 4) is 0 Å². The van der Waals surface area contributed by atoms with Crippen molar-refractivity contribution in [2.24, 2.45) is 0 Å². The second-order valence-corrected chi connectivity index (χ2v) is 4.63. The zero-order chi connectivity index (χ0) is 13.0. The van der Waals surface area contributed by atoms with Gasteiger partial charge in [-0.15, -0.1) is 0 Å². The third-order valence-electron chi connectivity index (χ3n) is 3.13. The van der Waals surface area contributed by atoms with E-state index in [-0.39, 0.29) is 5.56 Å². The minimum atomic E-state index is -0.116. The molecular weight excluding hydrogens is 226 g/mol. The predicted molar refractivity (Wildman–Crippen MR) is 72.7 cm³/mol. The maximum Gasteiger partial charge on any atom is 0.249 e. The van der Waals surface area contributed by atoms with E-state index in [1.54, 1.807) is 12.3 Å². The molecule has 2 aromatic rings. The van der Waals surface area contributed by atoms with Crippen LogP contribution in [-0.4, -0.2) is 15.0 Å². The topological polar surface area (TPSA) is 58.6 Å². The number of aromatic amines is 1. The molecule has 1 N–H and O–H groups in total. The Morgan fingerprint density at radius 3 is 2.61 bits per heavy atom. The van der Waals surface area contributed by atoms with Crippen LogP contribution in [0, 0.1) is 0 Å². The molecule has 0 aromatic carbocycles. The van der Waals surface area contributed by atoms with Gasteiger partial charge in [0, 0.05) is 23.6 Å². The normalized spacial score (nSPS) is 11.3. The third-order valence-corrected chi connectivity index (χ3v) is 3.13. The fourth-order valence-corrected chi connectivity index (χ4v) is 2.25. The summed E-state index contributed by atoms with van der Waals surface area (Å²) in [5.74, 6) is 1.25. The quantitative estimate of drug-likeness (QED) is 0.880. The van der Waals surface area contributed by atoms with Gasteiger partial charge >= 0.3 is 0 Å². The largest absolute Gasteiger partial charge is 0.306 e. The van der Waals surface area contributed by atoms with Crippen LogP contribution in [0.15, 0.2) is 23.1 Å². The van der Waals surface area contributed by atoms with Crippen molar-refractivity contribution < 1.29 is 0 Å². The first-order valence-corrected chi connectivity index (χ1v) is 6.60. The summed E-state index contributed by atoms with van der Waals surface area (Å²) in [6.45, 7) is 4.34. The smallest absolute Gasteiger partial charge is 0.249 e. The van der Waals surface area contributed by atoms with Crippen molar-refractivity contribution in [1.29, 1.82) is 0 Å². The Labute approximate surface area is 106 Å². The summed E-state index contributed by atoms with van der Waals surface area (Å²) < 4.78 is 0. The standard InChI is InChI=1S/C14H19N3O/c1-3-5-10(6-4-2)13-15-9-11-7-8-12(18)16-14(11)17-13/h7-10H,3-6H2,1-2H3,(H,15,16,17,18). The molecule has 0 spiro atoms. The fraction of sp³-hybridized carbons (Fsp3) is 0.500. The molecule has 96 valence electrons. The number of nitrogens with one attached hydrogen (secondary N) is 1. The molecule has 0 bridgehead atoms. The summed E-state index contributed by atoms with van der Waals surface area (Å²) in [7, 11) is 0. The molecule has 18 heavy (non-hydrogen) atoms. The highest BCUT2D eigenvalue weighted by atomic mass is 16.1. The molecule has 4 heteroatoms. The number of H-pyrrole nitrogens is 1. The molecule has 0 aliphatic rings. The molecule has 0 atom stereocenters. The van der Waals surface area contributed by atoms with E-state index in [4.69, 9.17) is 0 Å². The second-order valence-electron chi connectivity index (χ2n) is 4.63. The van der Waals surface area contributed by atoms with Gasteiger partial charge in [0.15, 0.2) is 0 Å². The van der Waals surface area contributed by atoms with E-state index in [1.165, 1.54) is 6.07 Å². The lowest BCUT2D eigenvalue weighted by molar-refractivity contribution is 0.535. The zero-order valence-electron chi connectivity index (χ0n) is 10.9. The number of nitrogens with zero attached hydrogens (tertiary/aromatic N) is 2. The van der Waals surface area contributed by atoms with Gasteiger partial charge in [0.05, 0.1) is 0 Å². The number of aromatic nitrogens is 3. The van der Waals surface area contributed by atoms with Crippen molar-refractivity contribution in [2.75, 3.05) is 0 Å². The predicted octanol–water partition coefficient (Wildman–Crippen LogP) is 3.00. The van der Waals surface area contributed by atoms with Crippen molar-refractivity contribution in [1.82, 2.24) is 15.0 Å². The van der Waals surface area contributed by atoms with E-state index in [2.05, 4.69) is 28.8 Å². The lowest BCUT2D eigenvalue weighted by Gasteiger charge is -2.13. The average molecular weight is 245 g/mol. The molecule has 0 aliphatic heterocycles. The third kappa shape index (κ3) is 2.75. The number of pyridine rings is 1. The van der Waals surface area contributed by atoms with Gasteiger partial charge < -0.3 is 4.98 Å². The second kappa shape index (κ2) is 5.76. The van der Waals surface area contributed by atoms with Gasteiger partial charge in [-0.1, -0.05) is 26.7 Å². The molecule has 4 nitrogen and oxygen atoms in total. The molecule has 0 radical (unpaired) electrons. The Bertz CT molecular complexity index is 571. The minimum absolute atomic E-state index is 0.116. The average Bonchev–Trinajstić information content (AvgIpc) is 2.37. The van der Waals surface area contributed by atoms with Crippen LogP contribution in [-0.2, 0) is 0 Å². The van der Waals surface area contributed by atoms with Crippen LogP contribution in [0.4, 0.5) is 0 Å². The van der Waals surface area contributed by atoms with E-state index in [9.17, 15) is 4.79 Å². The van der Waals surface area contributed by atoms with Crippen LogP contribution in [0.2, 0.25) is 0 Å². The van der Waals surface area contributed by atoms with Gasteiger partial charge in [-0.05, 0) is 18.9 Å². The molecular formula is C14H19N3O. The fourth-order valence-electron chi connectivity index (χ4n) is 2.25. The molecule has 0 saturated heterocycles. The number of rotatable bonds is 5. The van der Waals surface area contributed by atoms with Crippen LogP contribution < -0.4 is 5.56 Å². The van der Waals surface area contributed by atoms with Crippen LogP contribution in [0.25, 0.3) is 11.0 Å². The number of hydrogen-bond acceptors (Lipinski definition) is 3. The van der Waals surface area contributed by atoms with E-state index in [1.807, 2.05) is 0 Å². The maximum atomic E-state index is 11.3. The molecule has 0 amide bonds. The van der Waals surface area contributed by atoms with Gasteiger partial charge in [-0.3, -0.25) is 4.79 Å². The van der Waals surface area contributed by atoms with Crippen molar-refractivity contribution in [2.45, 2.75) is 45.4 Å². The Morgan fingerprint density at radius 2 is 1.94 bits per heavy atom. The summed E-state index contributed by atoms with van der Waals surface area (Å²) in [4.78, 5) is 23.0. The highest BCUT2D eigenvalue weighted by Crippen LogP contribution is 2.23. The molecule has 0 unspecified atom stereocenters. The van der Waals surface area contributed by atoms with Gasteiger partial charge in [-0.25, -0.2) is 9.97 Å². The van der Waals surface area contributed by atoms with Gasteiger partial charge in [0.25, 0.3) is 0 Å². The number of hydrogen-bond donors (Lipinski definition) is 1. The lowest BCUT2D eigenvalue weighted by atomic mass is 9.97. The van der Waals surface area contributed by atoms with Gasteiger partial charge in [0.2, 0.25) is 5.56 Å². The van der Waals surface area contributed by atoms with Crippen LogP contribution in [0.5, 0.6) is 0 Å². The Morgan fingerprint density at radius 1 is 1.22 bits per heavy atom. The van der Waals surface area contributed by atoms with E-state index in [0.717, 1.165) is 36.9 Å². The van der Waals surface area contributed by atoms with Crippen LogP contribution >= 0.6 is 0 Å². The van der Waals surface area contributed by atoms with Crippen molar-refractivity contribution in [3.05, 3.63) is 34.5 Å². The first kappa shape index (κ1) is 12.7. The molecule has 2 aromatic heterocycles. The first-order valence-electron chi connectivity index (χ1n) is 6.60. The molecule has 2 rings (SSSR count). The zero-order valence-corrected chi connectivity index (χ0v) is 10.9. The van der Waals surface area contributed by atoms with Crippen LogP contribution in [0.1, 0.15) is 51.3 Å². The van der Waals surface area contributed by atoms with Crippen molar-refractivity contribution >= 4 is 11.0 Å². The van der Waals surface area contributed by atoms with Crippen molar-refractivity contribution in [3.63, 3.8) is 0 Å².